The van der Waals surface area contributed by atoms with E-state index in [1.54, 1.807) is 9.21 Å². The molecule has 1 aromatic carbocycles. The third-order valence-electron chi connectivity index (χ3n) is 4.88. The van der Waals surface area contributed by atoms with E-state index < -0.39 is 10.0 Å². The van der Waals surface area contributed by atoms with Crippen molar-refractivity contribution in [2.24, 2.45) is 0 Å². The van der Waals surface area contributed by atoms with E-state index in [1.807, 2.05) is 30.3 Å². The SMILES string of the molecule is O=S(=O)(Cc1ccccc1)N1CC[NH+](C2CCCC2)CC1. The Morgan fingerprint density at radius 1 is 1.05 bits per heavy atom. The second-order valence-electron chi connectivity index (χ2n) is 6.28. The summed E-state index contributed by atoms with van der Waals surface area (Å²) < 4.78 is 26.7. The lowest BCUT2D eigenvalue weighted by Crippen LogP contribution is -3.18. The zero-order valence-electron chi connectivity index (χ0n) is 12.5. The molecule has 21 heavy (non-hydrogen) atoms. The molecule has 1 N–H and O–H groups in total. The van der Waals surface area contributed by atoms with E-state index in [0.29, 0.717) is 13.1 Å². The van der Waals surface area contributed by atoms with Gasteiger partial charge in [-0.15, -0.1) is 0 Å². The first-order valence-corrected chi connectivity index (χ1v) is 9.62. The Morgan fingerprint density at radius 2 is 1.67 bits per heavy atom. The summed E-state index contributed by atoms with van der Waals surface area (Å²) in [5, 5.41) is 0. The predicted octanol–water partition coefficient (Wildman–Crippen LogP) is 0.660. The van der Waals surface area contributed by atoms with Gasteiger partial charge in [-0.25, -0.2) is 8.42 Å². The first-order chi connectivity index (χ1) is 10.1. The minimum atomic E-state index is -3.16. The average Bonchev–Trinajstić information content (AvgIpc) is 3.02. The van der Waals surface area contributed by atoms with Gasteiger partial charge in [0, 0.05) is 0 Å². The maximum absolute atomic E-state index is 12.5. The highest BCUT2D eigenvalue weighted by molar-refractivity contribution is 7.88. The number of benzene rings is 1. The van der Waals surface area contributed by atoms with Crippen LogP contribution in [0.5, 0.6) is 0 Å². The fourth-order valence-corrected chi connectivity index (χ4v) is 5.21. The van der Waals surface area contributed by atoms with Gasteiger partial charge in [-0.1, -0.05) is 30.3 Å². The molecule has 1 heterocycles. The van der Waals surface area contributed by atoms with Gasteiger partial charge < -0.3 is 4.90 Å². The summed E-state index contributed by atoms with van der Waals surface area (Å²) in [6.45, 7) is 3.30. The molecule has 1 saturated heterocycles. The van der Waals surface area contributed by atoms with Gasteiger partial charge in [-0.05, 0) is 31.2 Å². The second-order valence-corrected chi connectivity index (χ2v) is 8.25. The van der Waals surface area contributed by atoms with Crippen LogP contribution in [0.4, 0.5) is 0 Å². The van der Waals surface area contributed by atoms with Crippen molar-refractivity contribution in [3.8, 4) is 0 Å². The maximum Gasteiger partial charge on any atom is 0.218 e. The van der Waals surface area contributed by atoms with Gasteiger partial charge >= 0.3 is 0 Å². The molecular weight excluding hydrogens is 284 g/mol. The van der Waals surface area contributed by atoms with Gasteiger partial charge in [-0.2, -0.15) is 4.31 Å². The Morgan fingerprint density at radius 3 is 2.29 bits per heavy atom. The van der Waals surface area contributed by atoms with Crippen LogP contribution in [-0.2, 0) is 15.8 Å². The number of nitrogens with zero attached hydrogens (tertiary/aromatic N) is 1. The fraction of sp³-hybridized carbons (Fsp3) is 0.625. The molecule has 2 aliphatic rings. The van der Waals surface area contributed by atoms with Gasteiger partial charge in [0.15, 0.2) is 0 Å². The van der Waals surface area contributed by atoms with Crippen LogP contribution in [0.15, 0.2) is 30.3 Å². The highest BCUT2D eigenvalue weighted by Gasteiger charge is 2.33. The van der Waals surface area contributed by atoms with E-state index in [4.69, 9.17) is 0 Å². The van der Waals surface area contributed by atoms with Gasteiger partial charge in [0.05, 0.1) is 38.0 Å². The zero-order valence-corrected chi connectivity index (χ0v) is 13.3. The van der Waals surface area contributed by atoms with E-state index in [0.717, 1.165) is 24.7 Å². The first-order valence-electron chi connectivity index (χ1n) is 8.01. The Hall–Kier alpha value is -0.910. The Bertz CT molecular complexity index is 545. The largest absolute Gasteiger partial charge is 0.330 e. The monoisotopic (exact) mass is 309 g/mol. The lowest BCUT2D eigenvalue weighted by Gasteiger charge is -2.34. The molecule has 0 aromatic heterocycles. The third kappa shape index (κ3) is 3.65. The molecule has 0 unspecified atom stereocenters. The van der Waals surface area contributed by atoms with E-state index in [2.05, 4.69) is 0 Å². The molecule has 0 spiro atoms. The molecule has 0 amide bonds. The van der Waals surface area contributed by atoms with E-state index in [9.17, 15) is 8.42 Å². The van der Waals surface area contributed by atoms with Crippen molar-refractivity contribution in [2.75, 3.05) is 26.2 Å². The molecule has 1 aliphatic heterocycles. The van der Waals surface area contributed by atoms with Gasteiger partial charge in [-0.3, -0.25) is 0 Å². The number of piperazine rings is 1. The normalized spacial score (nSPS) is 22.7. The van der Waals surface area contributed by atoms with Crippen molar-refractivity contribution in [1.82, 2.24) is 4.31 Å². The number of hydrogen-bond donors (Lipinski definition) is 1. The number of quaternary nitrogens is 1. The molecule has 5 heteroatoms. The molecule has 0 atom stereocenters. The first kappa shape index (κ1) is 15.0. The van der Waals surface area contributed by atoms with Crippen molar-refractivity contribution in [2.45, 2.75) is 37.5 Å². The van der Waals surface area contributed by atoms with Crippen molar-refractivity contribution in [3.05, 3.63) is 35.9 Å². The van der Waals surface area contributed by atoms with Gasteiger partial charge in [0.2, 0.25) is 10.0 Å². The van der Waals surface area contributed by atoms with Crippen LogP contribution in [0.1, 0.15) is 31.2 Å². The van der Waals surface area contributed by atoms with Gasteiger partial charge in [0.1, 0.15) is 0 Å². The molecule has 0 radical (unpaired) electrons. The summed E-state index contributed by atoms with van der Waals surface area (Å²) in [7, 11) is -3.16. The summed E-state index contributed by atoms with van der Waals surface area (Å²) >= 11 is 0. The van der Waals surface area contributed by atoms with Crippen molar-refractivity contribution >= 4 is 10.0 Å². The second kappa shape index (κ2) is 6.46. The molecule has 1 aliphatic carbocycles. The molecule has 1 saturated carbocycles. The highest BCUT2D eigenvalue weighted by atomic mass is 32.2. The third-order valence-corrected chi connectivity index (χ3v) is 6.73. The lowest BCUT2D eigenvalue weighted by atomic mass is 10.2. The smallest absolute Gasteiger partial charge is 0.218 e. The topological polar surface area (TPSA) is 41.8 Å². The Balaban J connectivity index is 1.58. The summed E-state index contributed by atoms with van der Waals surface area (Å²) in [6, 6.07) is 10.3. The van der Waals surface area contributed by atoms with Crippen LogP contribution in [0, 0.1) is 0 Å². The number of sulfonamides is 1. The van der Waals surface area contributed by atoms with Crippen LogP contribution in [0.3, 0.4) is 0 Å². The lowest BCUT2D eigenvalue weighted by molar-refractivity contribution is -0.928. The Labute approximate surface area is 127 Å². The minimum absolute atomic E-state index is 0.132. The van der Waals surface area contributed by atoms with E-state index >= 15 is 0 Å². The number of nitrogens with one attached hydrogen (secondary N) is 1. The summed E-state index contributed by atoms with van der Waals surface area (Å²) in [5.74, 6) is 0.132. The number of hydrogen-bond acceptors (Lipinski definition) is 2. The highest BCUT2D eigenvalue weighted by Crippen LogP contribution is 2.16. The maximum atomic E-state index is 12.5. The minimum Gasteiger partial charge on any atom is -0.330 e. The Kier molecular flexibility index (Phi) is 4.62. The van der Waals surface area contributed by atoms with Crippen molar-refractivity contribution in [3.63, 3.8) is 0 Å². The summed E-state index contributed by atoms with van der Waals surface area (Å²) in [4.78, 5) is 1.62. The zero-order chi connectivity index (χ0) is 14.7. The standard InChI is InChI=1S/C16H24N2O2S/c19-21(20,14-15-6-2-1-3-7-15)18-12-10-17(11-13-18)16-8-4-5-9-16/h1-3,6-7,16H,4-5,8-14H2/p+1. The van der Waals surface area contributed by atoms with E-state index in [1.165, 1.54) is 25.7 Å². The average molecular weight is 309 g/mol. The molecule has 2 fully saturated rings. The molecule has 4 nitrogen and oxygen atoms in total. The van der Waals surface area contributed by atoms with Crippen LogP contribution < -0.4 is 4.90 Å². The van der Waals surface area contributed by atoms with Crippen molar-refractivity contribution in [1.29, 1.82) is 0 Å². The van der Waals surface area contributed by atoms with E-state index in [-0.39, 0.29) is 5.75 Å². The predicted molar refractivity (Wildman–Crippen MR) is 83.6 cm³/mol. The number of rotatable bonds is 4. The van der Waals surface area contributed by atoms with Crippen LogP contribution in [-0.4, -0.2) is 44.9 Å². The molecule has 116 valence electrons. The quantitative estimate of drug-likeness (QED) is 0.888. The molecule has 3 rings (SSSR count). The molecule has 1 aromatic rings. The van der Waals surface area contributed by atoms with Gasteiger partial charge in [0.25, 0.3) is 0 Å². The van der Waals surface area contributed by atoms with Crippen LogP contribution in [0.25, 0.3) is 0 Å². The van der Waals surface area contributed by atoms with Crippen LogP contribution in [0.2, 0.25) is 0 Å². The summed E-state index contributed by atoms with van der Waals surface area (Å²) in [5.41, 5.74) is 0.878. The fourth-order valence-electron chi connectivity index (χ4n) is 3.67. The van der Waals surface area contributed by atoms with Crippen LogP contribution >= 0.6 is 0 Å². The van der Waals surface area contributed by atoms with Crippen molar-refractivity contribution < 1.29 is 13.3 Å². The molecule has 0 bridgehead atoms. The molecular formula is C16H25N2O2S+. The summed E-state index contributed by atoms with van der Waals surface area (Å²) in [6.07, 6.45) is 5.35.